The largest absolute Gasteiger partial charge is 0.349 e. The number of rotatable bonds is 3. The molecule has 0 radical (unpaired) electrons. The molecule has 3 rings (SSSR count). The van der Waals surface area contributed by atoms with Crippen LogP contribution in [-0.2, 0) is 0 Å². The molecule has 2 aliphatic rings. The summed E-state index contributed by atoms with van der Waals surface area (Å²) in [5, 5.41) is 6.85. The van der Waals surface area contributed by atoms with Crippen molar-refractivity contribution < 1.29 is 4.79 Å². The summed E-state index contributed by atoms with van der Waals surface area (Å²) in [6.45, 7) is 1.02. The van der Waals surface area contributed by atoms with E-state index in [0.717, 1.165) is 24.9 Å². The molecule has 1 aromatic carbocycles. The lowest BCUT2D eigenvalue weighted by Crippen LogP contribution is -2.59. The van der Waals surface area contributed by atoms with Crippen LogP contribution in [0.5, 0.6) is 0 Å². The predicted molar refractivity (Wildman–Crippen MR) is 83.3 cm³/mol. The molecular formula is C16H22N2OS. The van der Waals surface area contributed by atoms with Gasteiger partial charge in [-0.1, -0.05) is 0 Å². The first-order valence-electron chi connectivity index (χ1n) is 7.41. The van der Waals surface area contributed by atoms with Crippen LogP contribution in [0.25, 0.3) is 0 Å². The van der Waals surface area contributed by atoms with Gasteiger partial charge in [0.05, 0.1) is 0 Å². The Morgan fingerprint density at radius 2 is 2.10 bits per heavy atom. The zero-order chi connectivity index (χ0) is 14.0. The average Bonchev–Trinajstić information content (AvgIpc) is 2.46. The quantitative estimate of drug-likeness (QED) is 0.841. The fourth-order valence-electron chi connectivity index (χ4n) is 3.28. The molecule has 0 bridgehead atoms. The van der Waals surface area contributed by atoms with Crippen molar-refractivity contribution in [2.75, 3.05) is 12.8 Å². The van der Waals surface area contributed by atoms with Gasteiger partial charge in [0.1, 0.15) is 0 Å². The first kappa shape index (κ1) is 14.0. The number of amides is 1. The molecule has 1 atom stereocenters. The minimum atomic E-state index is 0.0685. The van der Waals surface area contributed by atoms with E-state index >= 15 is 0 Å². The van der Waals surface area contributed by atoms with E-state index in [1.807, 2.05) is 30.5 Å². The van der Waals surface area contributed by atoms with E-state index in [4.69, 9.17) is 0 Å². The summed E-state index contributed by atoms with van der Waals surface area (Å²) in [4.78, 5) is 13.5. The molecule has 20 heavy (non-hydrogen) atoms. The highest BCUT2D eigenvalue weighted by atomic mass is 32.2. The van der Waals surface area contributed by atoms with Crippen LogP contribution in [0.4, 0.5) is 0 Å². The summed E-state index contributed by atoms with van der Waals surface area (Å²) in [6, 6.07) is 8.18. The first-order chi connectivity index (χ1) is 9.71. The third-order valence-electron chi connectivity index (χ3n) is 4.63. The lowest BCUT2D eigenvalue weighted by Gasteiger charge is -2.48. The summed E-state index contributed by atoms with van der Waals surface area (Å²) < 4.78 is 0. The van der Waals surface area contributed by atoms with E-state index in [1.54, 1.807) is 11.8 Å². The Morgan fingerprint density at radius 3 is 2.70 bits per heavy atom. The van der Waals surface area contributed by atoms with Gasteiger partial charge < -0.3 is 10.6 Å². The van der Waals surface area contributed by atoms with Crippen molar-refractivity contribution in [1.82, 2.24) is 10.6 Å². The van der Waals surface area contributed by atoms with Crippen LogP contribution in [0, 0.1) is 0 Å². The highest BCUT2D eigenvalue weighted by Crippen LogP contribution is 2.38. The van der Waals surface area contributed by atoms with E-state index in [-0.39, 0.29) is 5.91 Å². The molecule has 0 aromatic heterocycles. The van der Waals surface area contributed by atoms with Crippen molar-refractivity contribution in [3.63, 3.8) is 0 Å². The Morgan fingerprint density at radius 1 is 1.35 bits per heavy atom. The molecule has 2 N–H and O–H groups in total. The summed E-state index contributed by atoms with van der Waals surface area (Å²) in [5.74, 6) is 0.0685. The molecular weight excluding hydrogens is 268 g/mol. The van der Waals surface area contributed by atoms with Crippen molar-refractivity contribution in [2.45, 2.75) is 48.6 Å². The molecule has 3 nitrogen and oxygen atoms in total. The van der Waals surface area contributed by atoms with Crippen LogP contribution < -0.4 is 10.6 Å². The van der Waals surface area contributed by atoms with Crippen LogP contribution in [0.15, 0.2) is 29.2 Å². The normalized spacial score (nSPS) is 24.1. The van der Waals surface area contributed by atoms with Gasteiger partial charge in [-0.3, -0.25) is 4.79 Å². The zero-order valence-electron chi connectivity index (χ0n) is 11.9. The van der Waals surface area contributed by atoms with Crippen LogP contribution in [0.3, 0.4) is 0 Å². The molecule has 1 aliphatic carbocycles. The Balaban J connectivity index is 1.60. The van der Waals surface area contributed by atoms with Gasteiger partial charge in [-0.15, -0.1) is 11.8 Å². The average molecular weight is 290 g/mol. The predicted octanol–water partition coefficient (Wildman–Crippen LogP) is 2.81. The standard InChI is InChI=1S/C16H22N2OS/c1-20-14-5-3-12(4-6-14)15(19)18-13-7-10-17-16(11-13)8-2-9-16/h3-6,13,17H,2,7-11H2,1H3,(H,18,19). The number of carbonyl (C=O) groups excluding carboxylic acids is 1. The lowest BCUT2D eigenvalue weighted by atomic mass is 9.70. The van der Waals surface area contributed by atoms with Gasteiger partial charge in [-0.05, 0) is 69.2 Å². The number of carbonyl (C=O) groups is 1. The molecule has 1 aliphatic heterocycles. The summed E-state index contributed by atoms with van der Waals surface area (Å²) in [5.41, 5.74) is 1.10. The van der Waals surface area contributed by atoms with Gasteiger partial charge >= 0.3 is 0 Å². The lowest BCUT2D eigenvalue weighted by molar-refractivity contribution is 0.0853. The van der Waals surface area contributed by atoms with Gasteiger partial charge in [-0.2, -0.15) is 0 Å². The summed E-state index contributed by atoms with van der Waals surface area (Å²) >= 11 is 1.70. The number of hydrogen-bond acceptors (Lipinski definition) is 3. The van der Waals surface area contributed by atoms with Crippen LogP contribution in [0.1, 0.15) is 42.5 Å². The molecule has 1 spiro atoms. The minimum absolute atomic E-state index is 0.0685. The Labute approximate surface area is 124 Å². The maximum absolute atomic E-state index is 12.3. The number of nitrogens with one attached hydrogen (secondary N) is 2. The van der Waals surface area contributed by atoms with E-state index in [9.17, 15) is 4.79 Å². The molecule has 1 saturated heterocycles. The van der Waals surface area contributed by atoms with E-state index in [2.05, 4.69) is 10.6 Å². The molecule has 1 saturated carbocycles. The van der Waals surface area contributed by atoms with E-state index in [1.165, 1.54) is 24.2 Å². The number of thioether (sulfide) groups is 1. The third kappa shape index (κ3) is 2.86. The molecule has 1 unspecified atom stereocenters. The van der Waals surface area contributed by atoms with Gasteiger partial charge in [0.15, 0.2) is 0 Å². The summed E-state index contributed by atoms with van der Waals surface area (Å²) in [7, 11) is 0. The van der Waals surface area contributed by atoms with E-state index < -0.39 is 0 Å². The maximum Gasteiger partial charge on any atom is 0.251 e. The van der Waals surface area contributed by atoms with Crippen LogP contribution in [0.2, 0.25) is 0 Å². The Bertz CT molecular complexity index is 482. The second kappa shape index (κ2) is 5.78. The third-order valence-corrected chi connectivity index (χ3v) is 5.37. The fraction of sp³-hybridized carbons (Fsp3) is 0.562. The Kier molecular flexibility index (Phi) is 4.03. The van der Waals surface area contributed by atoms with Crippen molar-refractivity contribution in [1.29, 1.82) is 0 Å². The number of hydrogen-bond donors (Lipinski definition) is 2. The smallest absolute Gasteiger partial charge is 0.251 e. The fourth-order valence-corrected chi connectivity index (χ4v) is 3.68. The minimum Gasteiger partial charge on any atom is -0.349 e. The number of benzene rings is 1. The number of piperidine rings is 1. The maximum atomic E-state index is 12.3. The monoisotopic (exact) mass is 290 g/mol. The molecule has 1 amide bonds. The molecule has 1 heterocycles. The van der Waals surface area contributed by atoms with Crippen LogP contribution in [-0.4, -0.2) is 30.3 Å². The molecule has 108 valence electrons. The Hall–Kier alpha value is -1.00. The summed E-state index contributed by atoms with van der Waals surface area (Å²) in [6.07, 6.45) is 8.02. The zero-order valence-corrected chi connectivity index (χ0v) is 12.8. The van der Waals surface area contributed by atoms with Crippen LogP contribution >= 0.6 is 11.8 Å². The molecule has 2 fully saturated rings. The van der Waals surface area contributed by atoms with E-state index in [0.29, 0.717) is 11.6 Å². The topological polar surface area (TPSA) is 41.1 Å². The van der Waals surface area contributed by atoms with Gasteiger partial charge in [0.25, 0.3) is 5.91 Å². The van der Waals surface area contributed by atoms with Crippen molar-refractivity contribution in [3.8, 4) is 0 Å². The van der Waals surface area contributed by atoms with Crippen molar-refractivity contribution >= 4 is 17.7 Å². The molecule has 4 heteroatoms. The highest BCUT2D eigenvalue weighted by Gasteiger charge is 2.41. The SMILES string of the molecule is CSc1ccc(C(=O)NC2CCNC3(CCC3)C2)cc1. The van der Waals surface area contributed by atoms with Crippen molar-refractivity contribution in [2.24, 2.45) is 0 Å². The van der Waals surface area contributed by atoms with Crippen molar-refractivity contribution in [3.05, 3.63) is 29.8 Å². The second-order valence-corrected chi connectivity index (χ2v) is 6.83. The molecule has 1 aromatic rings. The van der Waals surface area contributed by atoms with Gasteiger partial charge in [0.2, 0.25) is 0 Å². The second-order valence-electron chi connectivity index (χ2n) is 5.95. The van der Waals surface area contributed by atoms with Gasteiger partial charge in [-0.25, -0.2) is 0 Å². The van der Waals surface area contributed by atoms with Gasteiger partial charge in [0, 0.05) is 22.0 Å². The highest BCUT2D eigenvalue weighted by molar-refractivity contribution is 7.98. The first-order valence-corrected chi connectivity index (χ1v) is 8.63.